The van der Waals surface area contributed by atoms with Crippen molar-refractivity contribution in [3.63, 3.8) is 0 Å². The highest BCUT2D eigenvalue weighted by molar-refractivity contribution is 5.95. The summed E-state index contributed by atoms with van der Waals surface area (Å²) >= 11 is 0. The van der Waals surface area contributed by atoms with Gasteiger partial charge in [0.2, 0.25) is 0 Å². The smallest absolute Gasteiger partial charge is 0.399 e. The van der Waals surface area contributed by atoms with E-state index in [4.69, 9.17) is 5.73 Å². The molecule has 0 aliphatic rings. The standard InChI is InChI=1S/C12H14F4N2O/c1-7(2)18(6-12(14,15)16)11(19)9-5-8(17)3-4-10(9)13/h3-5,7H,6,17H2,1-2H3. The highest BCUT2D eigenvalue weighted by atomic mass is 19.4. The highest BCUT2D eigenvalue weighted by Gasteiger charge is 2.35. The van der Waals surface area contributed by atoms with Gasteiger partial charge in [-0.2, -0.15) is 13.2 Å². The Morgan fingerprint density at radius 1 is 1.37 bits per heavy atom. The fourth-order valence-corrected chi connectivity index (χ4v) is 1.54. The molecular weight excluding hydrogens is 264 g/mol. The van der Waals surface area contributed by atoms with Crippen LogP contribution in [-0.2, 0) is 0 Å². The van der Waals surface area contributed by atoms with Crippen molar-refractivity contribution in [1.29, 1.82) is 0 Å². The number of nitrogens with zero attached hydrogens (tertiary/aromatic N) is 1. The summed E-state index contributed by atoms with van der Waals surface area (Å²) in [4.78, 5) is 12.5. The molecule has 7 heteroatoms. The van der Waals surface area contributed by atoms with Gasteiger partial charge in [0.05, 0.1) is 5.56 Å². The Bertz CT molecular complexity index is 471. The molecule has 0 fully saturated rings. The summed E-state index contributed by atoms with van der Waals surface area (Å²) in [5, 5.41) is 0. The second kappa shape index (κ2) is 5.46. The molecule has 0 bridgehead atoms. The molecular formula is C12H14F4N2O. The number of carbonyl (C=O) groups is 1. The lowest BCUT2D eigenvalue weighted by Gasteiger charge is -2.28. The summed E-state index contributed by atoms with van der Waals surface area (Å²) in [6.07, 6.45) is -4.54. The normalized spacial score (nSPS) is 11.7. The zero-order chi connectivity index (χ0) is 14.8. The van der Waals surface area contributed by atoms with E-state index in [-0.39, 0.29) is 5.69 Å². The first-order valence-electron chi connectivity index (χ1n) is 5.54. The fourth-order valence-electron chi connectivity index (χ4n) is 1.54. The second-order valence-corrected chi connectivity index (χ2v) is 4.38. The van der Waals surface area contributed by atoms with Gasteiger partial charge in [-0.25, -0.2) is 4.39 Å². The van der Waals surface area contributed by atoms with Gasteiger partial charge in [0.15, 0.2) is 0 Å². The minimum atomic E-state index is -4.54. The number of hydrogen-bond acceptors (Lipinski definition) is 2. The van der Waals surface area contributed by atoms with E-state index in [1.165, 1.54) is 19.9 Å². The molecule has 0 unspecified atom stereocenters. The van der Waals surface area contributed by atoms with Gasteiger partial charge in [0.1, 0.15) is 12.4 Å². The molecule has 106 valence electrons. The van der Waals surface area contributed by atoms with Crippen molar-refractivity contribution in [2.75, 3.05) is 12.3 Å². The van der Waals surface area contributed by atoms with E-state index in [2.05, 4.69) is 0 Å². The lowest BCUT2D eigenvalue weighted by Crippen LogP contribution is -2.43. The molecule has 0 radical (unpaired) electrons. The van der Waals surface area contributed by atoms with Crippen molar-refractivity contribution in [2.24, 2.45) is 0 Å². The summed E-state index contributed by atoms with van der Waals surface area (Å²) in [7, 11) is 0. The topological polar surface area (TPSA) is 46.3 Å². The minimum absolute atomic E-state index is 0.112. The average molecular weight is 278 g/mol. The lowest BCUT2D eigenvalue weighted by molar-refractivity contribution is -0.143. The Kier molecular flexibility index (Phi) is 4.39. The highest BCUT2D eigenvalue weighted by Crippen LogP contribution is 2.21. The van der Waals surface area contributed by atoms with Gasteiger partial charge < -0.3 is 10.6 Å². The molecule has 1 amide bonds. The van der Waals surface area contributed by atoms with Crippen LogP contribution in [0.25, 0.3) is 0 Å². The number of halogens is 4. The first-order chi connectivity index (χ1) is 8.61. The first kappa shape index (κ1) is 15.3. The van der Waals surface area contributed by atoms with Crippen molar-refractivity contribution in [2.45, 2.75) is 26.1 Å². The van der Waals surface area contributed by atoms with Gasteiger partial charge in [-0.1, -0.05) is 0 Å². The van der Waals surface area contributed by atoms with Crippen LogP contribution in [0.1, 0.15) is 24.2 Å². The minimum Gasteiger partial charge on any atom is -0.399 e. The van der Waals surface area contributed by atoms with E-state index in [1.807, 2.05) is 0 Å². The third kappa shape index (κ3) is 4.11. The Balaban J connectivity index is 3.09. The molecule has 3 nitrogen and oxygen atoms in total. The summed E-state index contributed by atoms with van der Waals surface area (Å²) in [6, 6.07) is 2.50. The maximum absolute atomic E-state index is 13.5. The summed E-state index contributed by atoms with van der Waals surface area (Å²) < 4.78 is 50.7. The molecule has 0 aliphatic heterocycles. The Morgan fingerprint density at radius 2 is 1.95 bits per heavy atom. The Labute approximate surface area is 108 Å². The van der Waals surface area contributed by atoms with Crippen LogP contribution in [0.2, 0.25) is 0 Å². The second-order valence-electron chi connectivity index (χ2n) is 4.38. The number of nitrogen functional groups attached to an aromatic ring is 1. The Morgan fingerprint density at radius 3 is 2.42 bits per heavy atom. The van der Waals surface area contributed by atoms with Gasteiger partial charge in [0, 0.05) is 11.7 Å². The molecule has 1 rings (SSSR count). The monoisotopic (exact) mass is 278 g/mol. The number of alkyl halides is 3. The zero-order valence-corrected chi connectivity index (χ0v) is 10.5. The fraction of sp³-hybridized carbons (Fsp3) is 0.417. The third-order valence-corrected chi connectivity index (χ3v) is 2.45. The molecule has 0 aliphatic carbocycles. The van der Waals surface area contributed by atoms with E-state index in [9.17, 15) is 22.4 Å². The number of benzene rings is 1. The molecule has 1 aromatic rings. The number of nitrogens with two attached hydrogens (primary N) is 1. The molecule has 0 saturated carbocycles. The lowest BCUT2D eigenvalue weighted by atomic mass is 10.1. The van der Waals surface area contributed by atoms with Crippen LogP contribution in [0.3, 0.4) is 0 Å². The predicted molar refractivity (Wildman–Crippen MR) is 63.0 cm³/mol. The van der Waals surface area contributed by atoms with Crippen LogP contribution in [-0.4, -0.2) is 29.6 Å². The molecule has 0 spiro atoms. The van der Waals surface area contributed by atoms with Crippen molar-refractivity contribution < 1.29 is 22.4 Å². The Hall–Kier alpha value is -1.79. The van der Waals surface area contributed by atoms with Crippen LogP contribution in [0.5, 0.6) is 0 Å². The van der Waals surface area contributed by atoms with Gasteiger partial charge in [0.25, 0.3) is 5.91 Å². The SMILES string of the molecule is CC(C)N(CC(F)(F)F)C(=O)c1cc(N)ccc1F. The van der Waals surface area contributed by atoms with E-state index in [1.54, 1.807) is 0 Å². The van der Waals surface area contributed by atoms with Gasteiger partial charge >= 0.3 is 6.18 Å². The zero-order valence-electron chi connectivity index (χ0n) is 10.5. The van der Waals surface area contributed by atoms with Crippen LogP contribution >= 0.6 is 0 Å². The van der Waals surface area contributed by atoms with Crippen LogP contribution in [0.15, 0.2) is 18.2 Å². The quantitative estimate of drug-likeness (QED) is 0.682. The number of amides is 1. The van der Waals surface area contributed by atoms with Crippen molar-refractivity contribution in [1.82, 2.24) is 4.90 Å². The molecule has 1 aromatic carbocycles. The molecule has 0 atom stereocenters. The van der Waals surface area contributed by atoms with Crippen molar-refractivity contribution in [3.8, 4) is 0 Å². The van der Waals surface area contributed by atoms with E-state index in [0.717, 1.165) is 12.1 Å². The number of carbonyl (C=O) groups excluding carboxylic acids is 1. The number of hydrogen-bond donors (Lipinski definition) is 1. The van der Waals surface area contributed by atoms with Crippen LogP contribution < -0.4 is 5.73 Å². The molecule has 2 N–H and O–H groups in total. The van der Waals surface area contributed by atoms with Gasteiger partial charge in [-0.15, -0.1) is 0 Å². The summed E-state index contributed by atoms with van der Waals surface area (Å²) in [6.45, 7) is 1.42. The molecule has 19 heavy (non-hydrogen) atoms. The molecule has 0 saturated heterocycles. The number of anilines is 1. The van der Waals surface area contributed by atoms with Gasteiger partial charge in [-0.05, 0) is 32.0 Å². The van der Waals surface area contributed by atoms with Crippen LogP contribution in [0, 0.1) is 5.82 Å². The van der Waals surface area contributed by atoms with Crippen LogP contribution in [0.4, 0.5) is 23.2 Å². The maximum Gasteiger partial charge on any atom is 0.406 e. The first-order valence-corrected chi connectivity index (χ1v) is 5.54. The molecule has 0 aromatic heterocycles. The predicted octanol–water partition coefficient (Wildman–Crippen LogP) is 2.82. The van der Waals surface area contributed by atoms with Crippen molar-refractivity contribution in [3.05, 3.63) is 29.6 Å². The largest absolute Gasteiger partial charge is 0.406 e. The van der Waals surface area contributed by atoms with Crippen molar-refractivity contribution >= 4 is 11.6 Å². The van der Waals surface area contributed by atoms with Gasteiger partial charge in [-0.3, -0.25) is 4.79 Å². The average Bonchev–Trinajstić information content (AvgIpc) is 2.27. The summed E-state index contributed by atoms with van der Waals surface area (Å²) in [5.41, 5.74) is 5.06. The summed E-state index contributed by atoms with van der Waals surface area (Å²) in [5.74, 6) is -1.93. The van der Waals surface area contributed by atoms with E-state index >= 15 is 0 Å². The van der Waals surface area contributed by atoms with E-state index < -0.39 is 36.1 Å². The molecule has 0 heterocycles. The number of rotatable bonds is 3. The maximum atomic E-state index is 13.5. The third-order valence-electron chi connectivity index (χ3n) is 2.45. The van der Waals surface area contributed by atoms with E-state index in [0.29, 0.717) is 4.90 Å².